The molecule has 2 aliphatic rings. The maximum Gasteiger partial charge on any atom is 0.255 e. The van der Waals surface area contributed by atoms with Crippen molar-refractivity contribution in [1.82, 2.24) is 14.8 Å². The lowest BCUT2D eigenvalue weighted by molar-refractivity contribution is 0.0746. The van der Waals surface area contributed by atoms with Crippen LogP contribution in [0.5, 0.6) is 0 Å². The van der Waals surface area contributed by atoms with Crippen LogP contribution in [0.4, 0.5) is 0 Å². The number of amides is 1. The van der Waals surface area contributed by atoms with Crippen LogP contribution in [0.2, 0.25) is 0 Å². The lowest BCUT2D eigenvalue weighted by atomic mass is 10.0. The van der Waals surface area contributed by atoms with Crippen molar-refractivity contribution in [2.24, 2.45) is 0 Å². The number of nitrogens with zero attached hydrogens (tertiary/aromatic N) is 3. The van der Waals surface area contributed by atoms with Crippen molar-refractivity contribution in [3.8, 4) is 0 Å². The first-order chi connectivity index (χ1) is 12.7. The molecule has 1 unspecified atom stereocenters. The predicted molar refractivity (Wildman–Crippen MR) is 105 cm³/mol. The third-order valence-electron chi connectivity index (χ3n) is 5.75. The molecule has 4 heterocycles. The Labute approximate surface area is 159 Å². The number of hydrogen-bond acceptors (Lipinski definition) is 4. The van der Waals surface area contributed by atoms with Crippen molar-refractivity contribution >= 4 is 17.2 Å². The maximum absolute atomic E-state index is 12.9. The van der Waals surface area contributed by atoms with E-state index in [9.17, 15) is 4.79 Å². The summed E-state index contributed by atoms with van der Waals surface area (Å²) in [7, 11) is 0. The van der Waals surface area contributed by atoms with Crippen molar-refractivity contribution in [2.45, 2.75) is 58.7 Å². The van der Waals surface area contributed by atoms with Crippen molar-refractivity contribution in [2.75, 3.05) is 13.1 Å². The van der Waals surface area contributed by atoms with E-state index in [1.54, 1.807) is 11.3 Å². The highest BCUT2D eigenvalue weighted by Gasteiger charge is 2.30. The molecule has 2 aromatic rings. The van der Waals surface area contributed by atoms with Crippen LogP contribution < -0.4 is 0 Å². The van der Waals surface area contributed by atoms with Crippen LogP contribution in [0.15, 0.2) is 23.7 Å². The first kappa shape index (κ1) is 17.7. The number of carbonyl (C=O) groups excluding carboxylic acids is 1. The van der Waals surface area contributed by atoms with E-state index in [0.717, 1.165) is 63.1 Å². The van der Waals surface area contributed by atoms with Crippen molar-refractivity contribution in [3.05, 3.63) is 51.0 Å². The largest absolute Gasteiger partial charge is 0.336 e. The molecule has 0 saturated carbocycles. The molecule has 1 fully saturated rings. The number of rotatable bonds is 4. The lowest BCUT2D eigenvalue weighted by Gasteiger charge is -2.28. The number of pyridine rings is 1. The topological polar surface area (TPSA) is 36.4 Å². The summed E-state index contributed by atoms with van der Waals surface area (Å²) in [6.07, 6.45) is 6.26. The van der Waals surface area contributed by atoms with Gasteiger partial charge in [0, 0.05) is 48.7 Å². The Kier molecular flexibility index (Phi) is 5.09. The van der Waals surface area contributed by atoms with E-state index in [1.165, 1.54) is 16.0 Å². The van der Waals surface area contributed by atoms with Crippen molar-refractivity contribution < 1.29 is 4.79 Å². The van der Waals surface area contributed by atoms with Crippen LogP contribution in [0.3, 0.4) is 0 Å². The smallest absolute Gasteiger partial charge is 0.255 e. The standard InChI is InChI=1S/C21H27N3OS/c1-3-16-6-7-17(22-11-16)12-23-10-8-18-19(14-26-20(18)13-23)21(25)24-9-4-5-15(24)2/h6-7,11,14-15H,3-5,8-10,12-13H2,1-2H3. The average Bonchev–Trinajstić information content (AvgIpc) is 3.27. The van der Waals surface area contributed by atoms with Gasteiger partial charge in [-0.1, -0.05) is 13.0 Å². The quantitative estimate of drug-likeness (QED) is 0.820. The fourth-order valence-electron chi connectivity index (χ4n) is 4.07. The molecule has 4 nitrogen and oxygen atoms in total. The zero-order chi connectivity index (χ0) is 18.1. The first-order valence-corrected chi connectivity index (χ1v) is 10.6. The highest BCUT2D eigenvalue weighted by atomic mass is 32.1. The molecule has 0 N–H and O–H groups in total. The van der Waals surface area contributed by atoms with Crippen LogP contribution in [0, 0.1) is 0 Å². The van der Waals surface area contributed by atoms with Gasteiger partial charge in [-0.3, -0.25) is 14.7 Å². The molecular formula is C21H27N3OS. The molecule has 0 bridgehead atoms. The average molecular weight is 370 g/mol. The van der Waals surface area contributed by atoms with Crippen LogP contribution in [0.25, 0.3) is 0 Å². The Morgan fingerprint density at radius 2 is 2.23 bits per heavy atom. The second kappa shape index (κ2) is 7.49. The molecule has 2 aromatic heterocycles. The molecule has 4 rings (SSSR count). The Bertz CT molecular complexity index is 783. The van der Waals surface area contributed by atoms with Gasteiger partial charge >= 0.3 is 0 Å². The normalized spacial score (nSPS) is 20.4. The second-order valence-electron chi connectivity index (χ2n) is 7.51. The highest BCUT2D eigenvalue weighted by Crippen LogP contribution is 2.31. The molecule has 2 aliphatic heterocycles. The van der Waals surface area contributed by atoms with Gasteiger partial charge in [0.2, 0.25) is 0 Å². The molecule has 138 valence electrons. The molecule has 1 saturated heterocycles. The van der Waals surface area contributed by atoms with Crippen LogP contribution in [-0.4, -0.2) is 39.8 Å². The van der Waals surface area contributed by atoms with E-state index in [2.05, 4.69) is 46.1 Å². The van der Waals surface area contributed by atoms with E-state index >= 15 is 0 Å². The van der Waals surface area contributed by atoms with Gasteiger partial charge in [0.15, 0.2) is 0 Å². The van der Waals surface area contributed by atoms with Gasteiger partial charge in [-0.2, -0.15) is 0 Å². The monoisotopic (exact) mass is 369 g/mol. The number of fused-ring (bicyclic) bond motifs is 1. The fraction of sp³-hybridized carbons (Fsp3) is 0.524. The SMILES string of the molecule is CCc1ccc(CN2CCc3c(C(=O)N4CCCC4C)csc3C2)nc1. The molecule has 1 amide bonds. The first-order valence-electron chi connectivity index (χ1n) is 9.72. The molecule has 1 atom stereocenters. The Morgan fingerprint density at radius 3 is 2.92 bits per heavy atom. The highest BCUT2D eigenvalue weighted by molar-refractivity contribution is 7.10. The summed E-state index contributed by atoms with van der Waals surface area (Å²) in [5.41, 5.74) is 4.67. The minimum atomic E-state index is 0.248. The number of carbonyl (C=O) groups is 1. The number of aromatic nitrogens is 1. The minimum absolute atomic E-state index is 0.248. The molecule has 0 radical (unpaired) electrons. The van der Waals surface area contributed by atoms with Gasteiger partial charge in [0.25, 0.3) is 5.91 Å². The van der Waals surface area contributed by atoms with Gasteiger partial charge in [-0.15, -0.1) is 11.3 Å². The summed E-state index contributed by atoms with van der Waals surface area (Å²) in [5.74, 6) is 0.248. The van der Waals surface area contributed by atoms with Gasteiger partial charge in [-0.25, -0.2) is 0 Å². The number of aryl methyl sites for hydroxylation is 1. The Morgan fingerprint density at radius 1 is 1.35 bits per heavy atom. The molecule has 0 aliphatic carbocycles. The van der Waals surface area contributed by atoms with Crippen LogP contribution >= 0.6 is 11.3 Å². The van der Waals surface area contributed by atoms with Crippen LogP contribution in [-0.2, 0) is 25.9 Å². The van der Waals surface area contributed by atoms with Gasteiger partial charge in [0.1, 0.15) is 0 Å². The Hall–Kier alpha value is -1.72. The van der Waals surface area contributed by atoms with Crippen molar-refractivity contribution in [1.29, 1.82) is 0 Å². The zero-order valence-corrected chi connectivity index (χ0v) is 16.5. The molecular weight excluding hydrogens is 342 g/mol. The molecule has 0 spiro atoms. The number of hydrogen-bond donors (Lipinski definition) is 0. The summed E-state index contributed by atoms with van der Waals surface area (Å²) < 4.78 is 0. The summed E-state index contributed by atoms with van der Waals surface area (Å²) in [5, 5.41) is 2.09. The van der Waals surface area contributed by atoms with Gasteiger partial charge in [-0.05, 0) is 49.8 Å². The second-order valence-corrected chi connectivity index (χ2v) is 8.48. The molecule has 5 heteroatoms. The Balaban J connectivity index is 1.44. The lowest BCUT2D eigenvalue weighted by Crippen LogP contribution is -2.35. The molecule has 0 aromatic carbocycles. The number of likely N-dealkylation sites (tertiary alicyclic amines) is 1. The number of thiophene rings is 1. The third kappa shape index (κ3) is 3.42. The van der Waals surface area contributed by atoms with E-state index in [0.29, 0.717) is 6.04 Å². The van der Waals surface area contributed by atoms with E-state index in [1.807, 2.05) is 6.20 Å². The van der Waals surface area contributed by atoms with Gasteiger partial charge in [0.05, 0.1) is 11.3 Å². The van der Waals surface area contributed by atoms with Gasteiger partial charge < -0.3 is 4.90 Å². The third-order valence-corrected chi connectivity index (χ3v) is 6.76. The summed E-state index contributed by atoms with van der Waals surface area (Å²) in [4.78, 5) is 23.4. The maximum atomic E-state index is 12.9. The fourth-order valence-corrected chi connectivity index (χ4v) is 5.19. The van der Waals surface area contributed by atoms with Crippen LogP contribution in [0.1, 0.15) is 58.7 Å². The zero-order valence-electron chi connectivity index (χ0n) is 15.7. The van der Waals surface area contributed by atoms with E-state index < -0.39 is 0 Å². The summed E-state index contributed by atoms with van der Waals surface area (Å²) in [6.45, 7) is 8.05. The van der Waals surface area contributed by atoms with Crippen molar-refractivity contribution in [3.63, 3.8) is 0 Å². The summed E-state index contributed by atoms with van der Waals surface area (Å²) >= 11 is 1.75. The molecule has 26 heavy (non-hydrogen) atoms. The van der Waals surface area contributed by atoms with E-state index in [-0.39, 0.29) is 5.91 Å². The minimum Gasteiger partial charge on any atom is -0.336 e. The van der Waals surface area contributed by atoms with E-state index in [4.69, 9.17) is 0 Å². The predicted octanol–water partition coefficient (Wildman–Crippen LogP) is 3.89. The summed E-state index contributed by atoms with van der Waals surface area (Å²) in [6, 6.07) is 4.71.